The lowest BCUT2D eigenvalue weighted by atomic mass is 10.0. The summed E-state index contributed by atoms with van der Waals surface area (Å²) in [6.07, 6.45) is 1.86. The molecular weight excluding hydrogens is 186 g/mol. The van der Waals surface area contributed by atoms with Crippen molar-refractivity contribution in [1.29, 1.82) is 0 Å². The van der Waals surface area contributed by atoms with Crippen molar-refractivity contribution in [2.24, 2.45) is 0 Å². The predicted octanol–water partition coefficient (Wildman–Crippen LogP) is 2.64. The number of benzene rings is 1. The Bertz CT molecular complexity index is 566. The zero-order valence-electron chi connectivity index (χ0n) is 9.37. The minimum absolute atomic E-state index is 0.118. The van der Waals surface area contributed by atoms with E-state index in [0.717, 1.165) is 22.9 Å². The van der Waals surface area contributed by atoms with E-state index in [-0.39, 0.29) is 5.56 Å². The van der Waals surface area contributed by atoms with Crippen LogP contribution in [0.15, 0.2) is 29.2 Å². The maximum Gasteiger partial charge on any atom is 0.258 e. The molecule has 0 amide bonds. The average Bonchev–Trinajstić information content (AvgIpc) is 2.17. The number of aryl methyl sites for hydroxylation is 3. The first-order valence-electron chi connectivity index (χ1n) is 5.24. The molecule has 0 N–H and O–H groups in total. The van der Waals surface area contributed by atoms with Gasteiger partial charge in [-0.1, -0.05) is 17.7 Å². The predicted molar refractivity (Wildman–Crippen MR) is 63.4 cm³/mol. The van der Waals surface area contributed by atoms with Gasteiger partial charge in [0.1, 0.15) is 0 Å². The Morgan fingerprint density at radius 3 is 2.67 bits per heavy atom. The van der Waals surface area contributed by atoms with Crippen molar-refractivity contribution in [1.82, 2.24) is 4.57 Å². The average molecular weight is 201 g/mol. The van der Waals surface area contributed by atoms with E-state index in [2.05, 4.69) is 19.1 Å². The van der Waals surface area contributed by atoms with Crippen LogP contribution in [0.1, 0.15) is 18.1 Å². The summed E-state index contributed by atoms with van der Waals surface area (Å²) < 4.78 is 1.74. The fourth-order valence-electron chi connectivity index (χ4n) is 2.05. The molecule has 1 heterocycles. The SMILES string of the molecule is CCn1ccc2cc(C)cc(C)c2c1=O. The molecule has 15 heavy (non-hydrogen) atoms. The molecule has 2 nitrogen and oxygen atoms in total. The Morgan fingerprint density at radius 1 is 1.27 bits per heavy atom. The molecule has 0 aliphatic carbocycles. The quantitative estimate of drug-likeness (QED) is 0.695. The molecule has 0 fully saturated rings. The van der Waals surface area contributed by atoms with Crippen LogP contribution >= 0.6 is 0 Å². The number of aromatic nitrogens is 1. The largest absolute Gasteiger partial charge is 0.315 e. The molecule has 0 atom stereocenters. The Hall–Kier alpha value is -1.57. The first-order chi connectivity index (χ1) is 7.13. The van der Waals surface area contributed by atoms with E-state index in [1.807, 2.05) is 26.1 Å². The summed E-state index contributed by atoms with van der Waals surface area (Å²) in [5.74, 6) is 0. The molecule has 0 aliphatic rings. The molecular formula is C13H15NO. The molecule has 0 bridgehead atoms. The minimum Gasteiger partial charge on any atom is -0.315 e. The van der Waals surface area contributed by atoms with E-state index < -0.39 is 0 Å². The molecule has 0 saturated carbocycles. The molecule has 0 unspecified atom stereocenters. The van der Waals surface area contributed by atoms with Gasteiger partial charge in [-0.05, 0) is 37.8 Å². The van der Waals surface area contributed by atoms with Gasteiger partial charge in [-0.2, -0.15) is 0 Å². The molecule has 0 saturated heterocycles. The maximum absolute atomic E-state index is 12.1. The smallest absolute Gasteiger partial charge is 0.258 e. The standard InChI is InChI=1S/C13H15NO/c1-4-14-6-5-11-8-9(2)7-10(3)12(11)13(14)15/h5-8H,4H2,1-3H3. The van der Waals surface area contributed by atoms with Gasteiger partial charge in [0.05, 0.1) is 5.39 Å². The van der Waals surface area contributed by atoms with Crippen molar-refractivity contribution in [2.45, 2.75) is 27.3 Å². The fraction of sp³-hybridized carbons (Fsp3) is 0.308. The topological polar surface area (TPSA) is 22.0 Å². The second-order valence-corrected chi connectivity index (χ2v) is 3.95. The van der Waals surface area contributed by atoms with Gasteiger partial charge in [-0.15, -0.1) is 0 Å². The summed E-state index contributed by atoms with van der Waals surface area (Å²) in [6.45, 7) is 6.76. The van der Waals surface area contributed by atoms with Crippen LogP contribution in [0.3, 0.4) is 0 Å². The number of hydrogen-bond acceptors (Lipinski definition) is 1. The van der Waals surface area contributed by atoms with Crippen LogP contribution in [0.5, 0.6) is 0 Å². The molecule has 0 spiro atoms. The number of nitrogens with zero attached hydrogens (tertiary/aromatic N) is 1. The summed E-state index contributed by atoms with van der Waals surface area (Å²) in [5.41, 5.74) is 2.39. The zero-order valence-corrected chi connectivity index (χ0v) is 9.37. The molecule has 2 heteroatoms. The molecule has 0 aliphatic heterocycles. The Morgan fingerprint density at radius 2 is 2.00 bits per heavy atom. The molecule has 1 aromatic heterocycles. The summed E-state index contributed by atoms with van der Waals surface area (Å²) in [4.78, 5) is 12.1. The minimum atomic E-state index is 0.118. The normalized spacial score (nSPS) is 10.9. The van der Waals surface area contributed by atoms with Crippen LogP contribution in [0.4, 0.5) is 0 Å². The third-order valence-electron chi connectivity index (χ3n) is 2.76. The summed E-state index contributed by atoms with van der Waals surface area (Å²) in [6, 6.07) is 6.13. The lowest BCUT2D eigenvalue weighted by Gasteiger charge is -2.07. The van der Waals surface area contributed by atoms with Gasteiger partial charge in [0.25, 0.3) is 5.56 Å². The molecule has 0 radical (unpaired) electrons. The van der Waals surface area contributed by atoms with Crippen molar-refractivity contribution >= 4 is 10.8 Å². The van der Waals surface area contributed by atoms with Crippen LogP contribution in [0.25, 0.3) is 10.8 Å². The van der Waals surface area contributed by atoms with E-state index in [1.54, 1.807) is 4.57 Å². The van der Waals surface area contributed by atoms with Gasteiger partial charge in [-0.25, -0.2) is 0 Å². The lowest BCUT2D eigenvalue weighted by molar-refractivity contribution is 0.734. The summed E-state index contributed by atoms with van der Waals surface area (Å²) in [7, 11) is 0. The third kappa shape index (κ3) is 1.56. The highest BCUT2D eigenvalue weighted by molar-refractivity contribution is 5.85. The van der Waals surface area contributed by atoms with Crippen LogP contribution < -0.4 is 5.56 Å². The van der Waals surface area contributed by atoms with Gasteiger partial charge < -0.3 is 4.57 Å². The van der Waals surface area contributed by atoms with Crippen LogP contribution in [-0.4, -0.2) is 4.57 Å². The van der Waals surface area contributed by atoms with Crippen molar-refractivity contribution < 1.29 is 0 Å². The van der Waals surface area contributed by atoms with Crippen molar-refractivity contribution in [3.8, 4) is 0 Å². The van der Waals surface area contributed by atoms with E-state index in [0.29, 0.717) is 0 Å². The molecule has 2 rings (SSSR count). The molecule has 2 aromatic rings. The van der Waals surface area contributed by atoms with Gasteiger partial charge in [0.2, 0.25) is 0 Å². The second kappa shape index (κ2) is 3.54. The molecule has 78 valence electrons. The highest BCUT2D eigenvalue weighted by atomic mass is 16.1. The van der Waals surface area contributed by atoms with Crippen molar-refractivity contribution in [3.05, 3.63) is 45.9 Å². The highest BCUT2D eigenvalue weighted by Gasteiger charge is 2.04. The number of hydrogen-bond donors (Lipinski definition) is 0. The zero-order chi connectivity index (χ0) is 11.0. The Balaban J connectivity index is 2.93. The Kier molecular flexibility index (Phi) is 2.35. The van der Waals surface area contributed by atoms with Gasteiger partial charge in [-0.3, -0.25) is 4.79 Å². The highest BCUT2D eigenvalue weighted by Crippen LogP contribution is 2.16. The maximum atomic E-state index is 12.1. The first-order valence-corrected chi connectivity index (χ1v) is 5.24. The number of pyridine rings is 1. The fourth-order valence-corrected chi connectivity index (χ4v) is 2.05. The number of rotatable bonds is 1. The van der Waals surface area contributed by atoms with Crippen LogP contribution in [0, 0.1) is 13.8 Å². The van der Waals surface area contributed by atoms with Crippen molar-refractivity contribution in [3.63, 3.8) is 0 Å². The third-order valence-corrected chi connectivity index (χ3v) is 2.76. The number of fused-ring (bicyclic) bond motifs is 1. The lowest BCUT2D eigenvalue weighted by Crippen LogP contribution is -2.19. The van der Waals surface area contributed by atoms with E-state index in [4.69, 9.17) is 0 Å². The Labute approximate surface area is 89.2 Å². The monoisotopic (exact) mass is 201 g/mol. The summed E-state index contributed by atoms with van der Waals surface area (Å²) >= 11 is 0. The van der Waals surface area contributed by atoms with E-state index in [1.165, 1.54) is 5.56 Å². The molecule has 1 aromatic carbocycles. The van der Waals surface area contributed by atoms with Crippen LogP contribution in [0.2, 0.25) is 0 Å². The summed E-state index contributed by atoms with van der Waals surface area (Å²) in [5, 5.41) is 1.90. The van der Waals surface area contributed by atoms with Crippen LogP contribution in [-0.2, 0) is 6.54 Å². The van der Waals surface area contributed by atoms with Gasteiger partial charge >= 0.3 is 0 Å². The first kappa shape index (κ1) is 9.97. The van der Waals surface area contributed by atoms with Crippen molar-refractivity contribution in [2.75, 3.05) is 0 Å². The van der Waals surface area contributed by atoms with E-state index in [9.17, 15) is 4.79 Å². The van der Waals surface area contributed by atoms with Gasteiger partial charge in [0.15, 0.2) is 0 Å². The van der Waals surface area contributed by atoms with E-state index >= 15 is 0 Å². The van der Waals surface area contributed by atoms with Gasteiger partial charge in [0, 0.05) is 12.7 Å². The second-order valence-electron chi connectivity index (χ2n) is 3.95.